The van der Waals surface area contributed by atoms with Crippen LogP contribution in [0.2, 0.25) is 10.0 Å². The van der Waals surface area contributed by atoms with Crippen LogP contribution in [0.1, 0.15) is 5.56 Å². The molecular formula is C8H5BrCl2O2. The Hall–Kier alpha value is -0.250. The summed E-state index contributed by atoms with van der Waals surface area (Å²) in [6.07, 6.45) is -0.0720. The van der Waals surface area contributed by atoms with Crippen LogP contribution in [-0.4, -0.2) is 11.1 Å². The van der Waals surface area contributed by atoms with Gasteiger partial charge in [-0.25, -0.2) is 0 Å². The molecule has 1 N–H and O–H groups in total. The summed E-state index contributed by atoms with van der Waals surface area (Å²) in [5, 5.41) is 9.32. The first-order chi connectivity index (χ1) is 6.00. The van der Waals surface area contributed by atoms with Crippen LogP contribution in [0, 0.1) is 0 Å². The van der Waals surface area contributed by atoms with Gasteiger partial charge in [-0.2, -0.15) is 0 Å². The van der Waals surface area contributed by atoms with Crippen LogP contribution in [0.15, 0.2) is 16.6 Å². The Balaban J connectivity index is 3.08. The number of halogens is 3. The van der Waals surface area contributed by atoms with Crippen molar-refractivity contribution in [1.82, 2.24) is 0 Å². The number of hydrogen-bond acceptors (Lipinski definition) is 1. The van der Waals surface area contributed by atoms with Gasteiger partial charge in [-0.3, -0.25) is 4.79 Å². The van der Waals surface area contributed by atoms with E-state index in [2.05, 4.69) is 15.9 Å². The smallest absolute Gasteiger partial charge is 0.307 e. The fourth-order valence-corrected chi connectivity index (χ4v) is 1.83. The van der Waals surface area contributed by atoms with Crippen LogP contribution in [0.4, 0.5) is 0 Å². The summed E-state index contributed by atoms with van der Waals surface area (Å²) < 4.78 is 0.657. The van der Waals surface area contributed by atoms with Gasteiger partial charge in [0.2, 0.25) is 0 Å². The van der Waals surface area contributed by atoms with Crippen molar-refractivity contribution in [1.29, 1.82) is 0 Å². The Labute approximate surface area is 93.6 Å². The first kappa shape index (κ1) is 10.8. The molecule has 1 aromatic rings. The van der Waals surface area contributed by atoms with Crippen LogP contribution in [0.5, 0.6) is 0 Å². The SMILES string of the molecule is O=C(O)Cc1cc(Cl)c(Cl)cc1Br. The Morgan fingerprint density at radius 3 is 2.46 bits per heavy atom. The molecule has 0 aliphatic carbocycles. The van der Waals surface area contributed by atoms with Crippen molar-refractivity contribution in [3.05, 3.63) is 32.2 Å². The lowest BCUT2D eigenvalue weighted by molar-refractivity contribution is -0.136. The van der Waals surface area contributed by atoms with Crippen LogP contribution < -0.4 is 0 Å². The molecule has 70 valence electrons. The van der Waals surface area contributed by atoms with E-state index in [9.17, 15) is 4.79 Å². The summed E-state index contributed by atoms with van der Waals surface area (Å²) in [4.78, 5) is 10.4. The van der Waals surface area contributed by atoms with Crippen molar-refractivity contribution in [2.24, 2.45) is 0 Å². The highest BCUT2D eigenvalue weighted by Crippen LogP contribution is 2.29. The molecule has 0 aromatic heterocycles. The fourth-order valence-electron chi connectivity index (χ4n) is 0.862. The maximum Gasteiger partial charge on any atom is 0.307 e. The lowest BCUT2D eigenvalue weighted by atomic mass is 10.1. The number of carbonyl (C=O) groups is 1. The molecule has 13 heavy (non-hydrogen) atoms. The summed E-state index contributed by atoms with van der Waals surface area (Å²) in [5.74, 6) is -0.904. The lowest BCUT2D eigenvalue weighted by Crippen LogP contribution is -2.00. The Kier molecular flexibility index (Phi) is 3.59. The summed E-state index contributed by atoms with van der Waals surface area (Å²) >= 11 is 14.6. The minimum atomic E-state index is -0.904. The number of carboxylic acids is 1. The topological polar surface area (TPSA) is 37.3 Å². The van der Waals surface area contributed by atoms with Crippen molar-refractivity contribution < 1.29 is 9.90 Å². The van der Waals surface area contributed by atoms with Gasteiger partial charge in [-0.1, -0.05) is 39.1 Å². The zero-order chi connectivity index (χ0) is 10.0. The first-order valence-corrected chi connectivity index (χ1v) is 4.91. The van der Waals surface area contributed by atoms with E-state index in [0.717, 1.165) is 0 Å². The van der Waals surface area contributed by atoms with E-state index in [1.54, 1.807) is 12.1 Å². The van der Waals surface area contributed by atoms with Gasteiger partial charge in [0.15, 0.2) is 0 Å². The molecule has 1 rings (SSSR count). The van der Waals surface area contributed by atoms with Crippen LogP contribution in [-0.2, 0) is 11.2 Å². The zero-order valence-corrected chi connectivity index (χ0v) is 9.45. The molecule has 0 aliphatic rings. The van der Waals surface area contributed by atoms with Gasteiger partial charge in [0.25, 0.3) is 0 Å². The minimum Gasteiger partial charge on any atom is -0.481 e. The Morgan fingerprint density at radius 1 is 1.38 bits per heavy atom. The number of rotatable bonds is 2. The number of benzene rings is 1. The molecule has 0 bridgehead atoms. The van der Waals surface area contributed by atoms with Gasteiger partial charge in [0.05, 0.1) is 16.5 Å². The molecule has 2 nitrogen and oxygen atoms in total. The molecule has 0 saturated carbocycles. The summed E-state index contributed by atoms with van der Waals surface area (Å²) in [6, 6.07) is 3.13. The molecule has 5 heteroatoms. The van der Waals surface area contributed by atoms with Gasteiger partial charge < -0.3 is 5.11 Å². The van der Waals surface area contributed by atoms with Crippen LogP contribution >= 0.6 is 39.1 Å². The maximum absolute atomic E-state index is 10.4. The maximum atomic E-state index is 10.4. The molecule has 0 saturated heterocycles. The van der Waals surface area contributed by atoms with Crippen LogP contribution in [0.25, 0.3) is 0 Å². The van der Waals surface area contributed by atoms with Crippen molar-refractivity contribution in [3.8, 4) is 0 Å². The molecule has 1 aromatic carbocycles. The van der Waals surface area contributed by atoms with Gasteiger partial charge in [-0.15, -0.1) is 0 Å². The average Bonchev–Trinajstić information content (AvgIpc) is 1.99. The van der Waals surface area contributed by atoms with E-state index < -0.39 is 5.97 Å². The largest absolute Gasteiger partial charge is 0.481 e. The number of hydrogen-bond donors (Lipinski definition) is 1. The molecule has 0 spiro atoms. The molecule has 0 fully saturated rings. The van der Waals surface area contributed by atoms with Gasteiger partial charge in [0.1, 0.15) is 0 Å². The molecule has 0 aliphatic heterocycles. The average molecular weight is 284 g/mol. The van der Waals surface area contributed by atoms with Crippen molar-refractivity contribution in [3.63, 3.8) is 0 Å². The van der Waals surface area contributed by atoms with Gasteiger partial charge >= 0.3 is 5.97 Å². The lowest BCUT2D eigenvalue weighted by Gasteiger charge is -2.03. The third-order valence-electron chi connectivity index (χ3n) is 1.43. The second-order valence-corrected chi connectivity index (χ2v) is 4.10. The third kappa shape index (κ3) is 2.86. The molecule has 0 atom stereocenters. The van der Waals surface area contributed by atoms with Crippen molar-refractivity contribution in [2.75, 3.05) is 0 Å². The van der Waals surface area contributed by atoms with Gasteiger partial charge in [-0.05, 0) is 17.7 Å². The summed E-state index contributed by atoms with van der Waals surface area (Å²) in [7, 11) is 0. The third-order valence-corrected chi connectivity index (χ3v) is 2.89. The summed E-state index contributed by atoms with van der Waals surface area (Å²) in [6.45, 7) is 0. The number of aliphatic carboxylic acids is 1. The van der Waals surface area contributed by atoms with E-state index >= 15 is 0 Å². The highest BCUT2D eigenvalue weighted by molar-refractivity contribution is 9.10. The Morgan fingerprint density at radius 2 is 1.92 bits per heavy atom. The number of carboxylic acid groups (broad SMARTS) is 1. The standard InChI is InChI=1S/C8H5BrCl2O2/c9-5-3-7(11)6(10)1-4(5)2-8(12)13/h1,3H,2H2,(H,12,13). The predicted molar refractivity (Wildman–Crippen MR) is 55.5 cm³/mol. The highest BCUT2D eigenvalue weighted by Gasteiger charge is 2.08. The summed E-state index contributed by atoms with van der Waals surface area (Å²) in [5.41, 5.74) is 0.613. The van der Waals surface area contributed by atoms with E-state index in [1.165, 1.54) is 0 Å². The fraction of sp³-hybridized carbons (Fsp3) is 0.125. The van der Waals surface area contributed by atoms with E-state index in [4.69, 9.17) is 28.3 Å². The predicted octanol–water partition coefficient (Wildman–Crippen LogP) is 3.38. The normalized spacial score (nSPS) is 10.1. The minimum absolute atomic E-state index is 0.0720. The molecule has 0 heterocycles. The van der Waals surface area contributed by atoms with Crippen molar-refractivity contribution in [2.45, 2.75) is 6.42 Å². The van der Waals surface area contributed by atoms with E-state index in [1.807, 2.05) is 0 Å². The van der Waals surface area contributed by atoms with E-state index in [0.29, 0.717) is 20.1 Å². The first-order valence-electron chi connectivity index (χ1n) is 3.36. The quantitative estimate of drug-likeness (QED) is 0.845. The van der Waals surface area contributed by atoms with Gasteiger partial charge in [0, 0.05) is 4.47 Å². The Bertz CT molecular complexity index is 352. The second kappa shape index (κ2) is 4.31. The van der Waals surface area contributed by atoms with Crippen LogP contribution in [0.3, 0.4) is 0 Å². The highest BCUT2D eigenvalue weighted by atomic mass is 79.9. The molecular weight excluding hydrogens is 279 g/mol. The van der Waals surface area contributed by atoms with Crippen molar-refractivity contribution >= 4 is 45.1 Å². The molecule has 0 unspecified atom stereocenters. The second-order valence-electron chi connectivity index (χ2n) is 2.43. The zero-order valence-electron chi connectivity index (χ0n) is 6.35. The molecule has 0 amide bonds. The molecule has 0 radical (unpaired) electrons. The monoisotopic (exact) mass is 282 g/mol. The van der Waals surface area contributed by atoms with E-state index in [-0.39, 0.29) is 6.42 Å².